The first kappa shape index (κ1) is 14.4. The van der Waals surface area contributed by atoms with Crippen LogP contribution < -0.4 is 5.32 Å². The van der Waals surface area contributed by atoms with Crippen molar-refractivity contribution in [1.29, 1.82) is 0 Å². The van der Waals surface area contributed by atoms with Crippen molar-refractivity contribution >= 4 is 0 Å². The van der Waals surface area contributed by atoms with E-state index < -0.39 is 0 Å². The summed E-state index contributed by atoms with van der Waals surface area (Å²) in [5.41, 5.74) is 1.62. The highest BCUT2D eigenvalue weighted by atomic mass is 15.0. The Labute approximate surface area is 114 Å². The first-order valence-electron chi connectivity index (χ1n) is 7.81. The summed E-state index contributed by atoms with van der Waals surface area (Å²) in [6.07, 6.45) is 4.12. The van der Waals surface area contributed by atoms with E-state index in [4.69, 9.17) is 0 Å². The van der Waals surface area contributed by atoms with Crippen LogP contribution in [0.2, 0.25) is 0 Å². The average molecular weight is 251 g/mol. The van der Waals surface area contributed by atoms with E-state index in [9.17, 15) is 0 Å². The maximum atomic E-state index is 3.88. The lowest BCUT2D eigenvalue weighted by Crippen LogP contribution is -2.42. The molecule has 0 saturated heterocycles. The third-order valence-corrected chi connectivity index (χ3v) is 6.60. The zero-order chi connectivity index (χ0) is 13.8. The molecule has 2 aliphatic rings. The third-order valence-electron chi connectivity index (χ3n) is 6.60. The molecule has 2 saturated carbocycles. The Kier molecular flexibility index (Phi) is 3.38. The number of hydrogen-bond donors (Lipinski definition) is 1. The second-order valence-electron chi connectivity index (χ2n) is 8.89. The molecule has 1 N–H and O–H groups in total. The minimum Gasteiger partial charge on any atom is -0.313 e. The van der Waals surface area contributed by atoms with Crippen molar-refractivity contribution in [3.8, 4) is 0 Å². The Hall–Kier alpha value is -0.0400. The smallest absolute Gasteiger partial charge is 0.00932 e. The van der Waals surface area contributed by atoms with Gasteiger partial charge in [-0.05, 0) is 53.9 Å². The van der Waals surface area contributed by atoms with Crippen LogP contribution in [0.3, 0.4) is 0 Å². The monoisotopic (exact) mass is 251 g/mol. The predicted molar refractivity (Wildman–Crippen MR) is 79.6 cm³/mol. The van der Waals surface area contributed by atoms with Gasteiger partial charge in [-0.3, -0.25) is 0 Å². The van der Waals surface area contributed by atoms with Crippen LogP contribution in [0.4, 0.5) is 0 Å². The van der Waals surface area contributed by atoms with Crippen LogP contribution in [0, 0.1) is 28.1 Å². The SMILES string of the molecule is CC1CC(C)(C)CCC1NCC1C(C)(C)C1(C)C. The van der Waals surface area contributed by atoms with Crippen molar-refractivity contribution < 1.29 is 0 Å². The van der Waals surface area contributed by atoms with Crippen LogP contribution in [0.15, 0.2) is 0 Å². The van der Waals surface area contributed by atoms with E-state index in [0.29, 0.717) is 16.2 Å². The molecule has 0 aromatic heterocycles. The van der Waals surface area contributed by atoms with Crippen LogP contribution in [0.1, 0.15) is 67.7 Å². The molecule has 18 heavy (non-hydrogen) atoms. The van der Waals surface area contributed by atoms with Crippen molar-refractivity contribution in [3.05, 3.63) is 0 Å². The van der Waals surface area contributed by atoms with Gasteiger partial charge in [0.05, 0.1) is 0 Å². The summed E-state index contributed by atoms with van der Waals surface area (Å²) in [5.74, 6) is 1.69. The fraction of sp³-hybridized carbons (Fsp3) is 1.00. The van der Waals surface area contributed by atoms with E-state index in [1.54, 1.807) is 0 Å². The van der Waals surface area contributed by atoms with Gasteiger partial charge in [0.15, 0.2) is 0 Å². The Bertz CT molecular complexity index is 300. The van der Waals surface area contributed by atoms with E-state index in [1.165, 1.54) is 25.8 Å². The zero-order valence-electron chi connectivity index (χ0n) is 13.6. The molecule has 2 unspecified atom stereocenters. The van der Waals surface area contributed by atoms with Gasteiger partial charge in [0.2, 0.25) is 0 Å². The van der Waals surface area contributed by atoms with E-state index >= 15 is 0 Å². The predicted octanol–water partition coefficient (Wildman–Crippen LogP) is 4.47. The summed E-state index contributed by atoms with van der Waals surface area (Å²) in [5, 5.41) is 3.88. The van der Waals surface area contributed by atoms with Crippen LogP contribution >= 0.6 is 0 Å². The maximum Gasteiger partial charge on any atom is 0.00932 e. The summed E-state index contributed by atoms with van der Waals surface area (Å²) < 4.78 is 0. The summed E-state index contributed by atoms with van der Waals surface area (Å²) in [4.78, 5) is 0. The van der Waals surface area contributed by atoms with Crippen LogP contribution in [-0.4, -0.2) is 12.6 Å². The van der Waals surface area contributed by atoms with Gasteiger partial charge in [0.25, 0.3) is 0 Å². The minimum atomic E-state index is 0.525. The topological polar surface area (TPSA) is 12.0 Å². The van der Waals surface area contributed by atoms with Gasteiger partial charge >= 0.3 is 0 Å². The molecule has 0 amide bonds. The van der Waals surface area contributed by atoms with Gasteiger partial charge in [-0.1, -0.05) is 48.5 Å². The van der Waals surface area contributed by atoms with E-state index in [1.807, 2.05) is 0 Å². The highest BCUT2D eigenvalue weighted by Crippen LogP contribution is 2.68. The molecule has 2 atom stereocenters. The standard InChI is InChI=1S/C17H33N/c1-12-10-15(2,3)9-8-13(12)18-11-14-16(4,5)17(14,6)7/h12-14,18H,8-11H2,1-7H3. The third kappa shape index (κ3) is 2.35. The van der Waals surface area contributed by atoms with Crippen LogP contribution in [-0.2, 0) is 0 Å². The van der Waals surface area contributed by atoms with Gasteiger partial charge in [-0.25, -0.2) is 0 Å². The Morgan fingerprint density at radius 2 is 1.56 bits per heavy atom. The number of rotatable bonds is 3. The van der Waals surface area contributed by atoms with Crippen molar-refractivity contribution in [2.24, 2.45) is 28.1 Å². The molecule has 0 spiro atoms. The van der Waals surface area contributed by atoms with Gasteiger partial charge in [0, 0.05) is 6.04 Å². The Balaban J connectivity index is 1.83. The Morgan fingerprint density at radius 3 is 2.00 bits per heavy atom. The largest absolute Gasteiger partial charge is 0.313 e. The summed E-state index contributed by atoms with van der Waals surface area (Å²) >= 11 is 0. The van der Waals surface area contributed by atoms with E-state index in [0.717, 1.165) is 17.9 Å². The second kappa shape index (κ2) is 4.23. The van der Waals surface area contributed by atoms with Crippen molar-refractivity contribution in [2.45, 2.75) is 73.8 Å². The summed E-state index contributed by atoms with van der Waals surface area (Å²) in [6.45, 7) is 18.2. The molecule has 2 rings (SSSR count). The van der Waals surface area contributed by atoms with Gasteiger partial charge < -0.3 is 5.32 Å². The molecule has 0 heterocycles. The Morgan fingerprint density at radius 1 is 1.00 bits per heavy atom. The first-order valence-corrected chi connectivity index (χ1v) is 7.81. The molecular weight excluding hydrogens is 218 g/mol. The van der Waals surface area contributed by atoms with Crippen molar-refractivity contribution in [1.82, 2.24) is 5.32 Å². The van der Waals surface area contributed by atoms with Gasteiger partial charge in [-0.15, -0.1) is 0 Å². The molecular formula is C17H33N. The molecule has 1 heteroatoms. The molecule has 2 aliphatic carbocycles. The highest BCUT2D eigenvalue weighted by molar-refractivity contribution is 5.13. The van der Waals surface area contributed by atoms with Crippen LogP contribution in [0.5, 0.6) is 0 Å². The molecule has 0 bridgehead atoms. The van der Waals surface area contributed by atoms with Crippen molar-refractivity contribution in [2.75, 3.05) is 6.54 Å². The molecule has 1 nitrogen and oxygen atoms in total. The lowest BCUT2D eigenvalue weighted by atomic mass is 9.70. The lowest BCUT2D eigenvalue weighted by molar-refractivity contribution is 0.147. The first-order chi connectivity index (χ1) is 8.08. The summed E-state index contributed by atoms with van der Waals surface area (Å²) in [6, 6.07) is 0.755. The normalized spacial score (nSPS) is 37.5. The molecule has 0 aromatic carbocycles. The van der Waals surface area contributed by atoms with E-state index in [-0.39, 0.29) is 0 Å². The lowest BCUT2D eigenvalue weighted by Gasteiger charge is -2.39. The minimum absolute atomic E-state index is 0.525. The van der Waals surface area contributed by atoms with E-state index in [2.05, 4.69) is 53.8 Å². The van der Waals surface area contributed by atoms with Gasteiger partial charge in [-0.2, -0.15) is 0 Å². The molecule has 0 radical (unpaired) electrons. The molecule has 106 valence electrons. The van der Waals surface area contributed by atoms with Crippen molar-refractivity contribution in [3.63, 3.8) is 0 Å². The highest BCUT2D eigenvalue weighted by Gasteiger charge is 2.64. The molecule has 2 fully saturated rings. The quantitative estimate of drug-likeness (QED) is 0.780. The fourth-order valence-electron chi connectivity index (χ4n) is 4.36. The maximum absolute atomic E-state index is 3.88. The second-order valence-corrected chi connectivity index (χ2v) is 8.89. The summed E-state index contributed by atoms with van der Waals surface area (Å²) in [7, 11) is 0. The number of nitrogens with one attached hydrogen (secondary N) is 1. The fourth-order valence-corrected chi connectivity index (χ4v) is 4.36. The van der Waals surface area contributed by atoms with Crippen LogP contribution in [0.25, 0.3) is 0 Å². The molecule has 0 aromatic rings. The molecule has 0 aliphatic heterocycles. The average Bonchev–Trinajstić information content (AvgIpc) is 2.57. The number of hydrogen-bond acceptors (Lipinski definition) is 1. The zero-order valence-corrected chi connectivity index (χ0v) is 13.6. The van der Waals surface area contributed by atoms with Gasteiger partial charge in [0.1, 0.15) is 0 Å².